The molecule has 0 atom stereocenters. The molecule has 108 valence electrons. The van der Waals surface area contributed by atoms with Gasteiger partial charge in [0.15, 0.2) is 17.8 Å². The summed E-state index contributed by atoms with van der Waals surface area (Å²) in [5, 5.41) is 31.3. The zero-order chi connectivity index (χ0) is 14.3. The molecule has 1 aromatic rings. The Morgan fingerprint density at radius 3 is 2.26 bits per heavy atom. The number of phenolic OH excluding ortho intramolecular Hbond substituents is 3. The van der Waals surface area contributed by atoms with Gasteiger partial charge in [-0.15, -0.1) is 0 Å². The molecule has 0 unspecified atom stereocenters. The van der Waals surface area contributed by atoms with Crippen molar-refractivity contribution >= 4 is 0 Å². The first kappa shape index (κ1) is 15.6. The van der Waals surface area contributed by atoms with Crippen molar-refractivity contribution in [1.82, 2.24) is 5.32 Å². The standard InChI is InChI=1S/C13H21NO5/c1-3-18-11(19-4-2)8-14-7-9-5-6-10(15)13(17)12(9)16/h5-6,11,14-17H,3-4,7-8H2,1-2H3. The van der Waals surface area contributed by atoms with Crippen LogP contribution in [0.15, 0.2) is 12.1 Å². The molecular formula is C13H21NO5. The second-order valence-electron chi connectivity index (χ2n) is 3.91. The Morgan fingerprint density at radius 2 is 1.68 bits per heavy atom. The number of rotatable bonds is 8. The van der Waals surface area contributed by atoms with E-state index in [1.54, 1.807) is 0 Å². The quantitative estimate of drug-likeness (QED) is 0.421. The van der Waals surface area contributed by atoms with Crippen LogP contribution in [0.2, 0.25) is 0 Å². The van der Waals surface area contributed by atoms with Crippen LogP contribution < -0.4 is 5.32 Å². The average molecular weight is 271 g/mol. The molecule has 6 heteroatoms. The molecule has 0 fully saturated rings. The SMILES string of the molecule is CCOC(CNCc1ccc(O)c(O)c1O)OCC. The van der Waals surface area contributed by atoms with Crippen molar-refractivity contribution < 1.29 is 24.8 Å². The van der Waals surface area contributed by atoms with Crippen LogP contribution in [0.25, 0.3) is 0 Å². The fourth-order valence-corrected chi connectivity index (χ4v) is 1.62. The zero-order valence-electron chi connectivity index (χ0n) is 11.2. The summed E-state index contributed by atoms with van der Waals surface area (Å²) in [4.78, 5) is 0. The highest BCUT2D eigenvalue weighted by Crippen LogP contribution is 2.36. The molecule has 1 rings (SSSR count). The molecule has 4 N–H and O–H groups in total. The lowest BCUT2D eigenvalue weighted by Crippen LogP contribution is -2.31. The van der Waals surface area contributed by atoms with Crippen molar-refractivity contribution in [2.45, 2.75) is 26.7 Å². The molecule has 0 amide bonds. The van der Waals surface area contributed by atoms with Gasteiger partial charge in [0.05, 0.1) is 0 Å². The first-order chi connectivity index (χ1) is 9.10. The summed E-state index contributed by atoms with van der Waals surface area (Å²) in [7, 11) is 0. The molecular weight excluding hydrogens is 250 g/mol. The van der Waals surface area contributed by atoms with Gasteiger partial charge in [-0.25, -0.2) is 0 Å². The Balaban J connectivity index is 2.50. The molecule has 0 aliphatic carbocycles. The number of nitrogens with one attached hydrogen (secondary N) is 1. The van der Waals surface area contributed by atoms with E-state index in [1.165, 1.54) is 12.1 Å². The fraction of sp³-hybridized carbons (Fsp3) is 0.538. The van der Waals surface area contributed by atoms with E-state index < -0.39 is 5.75 Å². The Morgan fingerprint density at radius 1 is 1.05 bits per heavy atom. The van der Waals surface area contributed by atoms with E-state index in [0.29, 0.717) is 31.9 Å². The second-order valence-corrected chi connectivity index (χ2v) is 3.91. The molecule has 0 aromatic heterocycles. The van der Waals surface area contributed by atoms with Gasteiger partial charge in [0, 0.05) is 31.9 Å². The smallest absolute Gasteiger partial charge is 0.200 e. The highest BCUT2D eigenvalue weighted by Gasteiger charge is 2.12. The van der Waals surface area contributed by atoms with Crippen molar-refractivity contribution in [1.29, 1.82) is 0 Å². The summed E-state index contributed by atoms with van der Waals surface area (Å²) < 4.78 is 10.7. The van der Waals surface area contributed by atoms with E-state index in [9.17, 15) is 15.3 Å². The number of phenols is 3. The van der Waals surface area contributed by atoms with E-state index in [0.717, 1.165) is 0 Å². The maximum atomic E-state index is 9.64. The zero-order valence-corrected chi connectivity index (χ0v) is 11.2. The summed E-state index contributed by atoms with van der Waals surface area (Å²) >= 11 is 0. The summed E-state index contributed by atoms with van der Waals surface area (Å²) in [6, 6.07) is 2.86. The summed E-state index contributed by atoms with van der Waals surface area (Å²) in [6.45, 7) is 5.67. The molecule has 0 saturated heterocycles. The number of benzene rings is 1. The Labute approximate surface area is 112 Å². The Kier molecular flexibility index (Phi) is 6.41. The van der Waals surface area contributed by atoms with E-state index in [2.05, 4.69) is 5.32 Å². The van der Waals surface area contributed by atoms with Gasteiger partial charge in [-0.1, -0.05) is 6.07 Å². The number of ether oxygens (including phenoxy) is 2. The fourth-order valence-electron chi connectivity index (χ4n) is 1.62. The first-order valence-corrected chi connectivity index (χ1v) is 6.26. The van der Waals surface area contributed by atoms with Crippen LogP contribution in [0.3, 0.4) is 0 Å². The first-order valence-electron chi connectivity index (χ1n) is 6.26. The number of hydrogen-bond donors (Lipinski definition) is 4. The second kappa shape index (κ2) is 7.83. The van der Waals surface area contributed by atoms with Gasteiger partial charge < -0.3 is 30.1 Å². The van der Waals surface area contributed by atoms with Crippen molar-refractivity contribution in [3.05, 3.63) is 17.7 Å². The monoisotopic (exact) mass is 271 g/mol. The van der Waals surface area contributed by atoms with Gasteiger partial charge in [-0.05, 0) is 19.9 Å². The molecule has 6 nitrogen and oxygen atoms in total. The summed E-state index contributed by atoms with van der Waals surface area (Å²) in [6.07, 6.45) is -0.345. The minimum Gasteiger partial charge on any atom is -0.504 e. The third-order valence-corrected chi connectivity index (χ3v) is 2.55. The van der Waals surface area contributed by atoms with E-state index in [-0.39, 0.29) is 17.8 Å². The lowest BCUT2D eigenvalue weighted by atomic mass is 10.1. The molecule has 0 saturated carbocycles. The largest absolute Gasteiger partial charge is 0.504 e. The topological polar surface area (TPSA) is 91.2 Å². The molecule has 0 spiro atoms. The third kappa shape index (κ3) is 4.59. The van der Waals surface area contributed by atoms with Crippen molar-refractivity contribution in [3.63, 3.8) is 0 Å². The highest BCUT2D eigenvalue weighted by atomic mass is 16.7. The lowest BCUT2D eigenvalue weighted by molar-refractivity contribution is -0.133. The number of hydrogen-bond acceptors (Lipinski definition) is 6. The van der Waals surface area contributed by atoms with Crippen LogP contribution in [-0.4, -0.2) is 41.4 Å². The molecule has 0 aliphatic rings. The predicted octanol–water partition coefficient (Wildman–Crippen LogP) is 1.29. The highest BCUT2D eigenvalue weighted by molar-refractivity contribution is 5.52. The van der Waals surface area contributed by atoms with Crippen molar-refractivity contribution in [2.24, 2.45) is 0 Å². The predicted molar refractivity (Wildman–Crippen MR) is 70.2 cm³/mol. The van der Waals surface area contributed by atoms with Crippen LogP contribution in [0, 0.1) is 0 Å². The summed E-state index contributed by atoms with van der Waals surface area (Å²) in [5.74, 6) is -1.18. The summed E-state index contributed by atoms with van der Waals surface area (Å²) in [5.41, 5.74) is 0.488. The van der Waals surface area contributed by atoms with Gasteiger partial charge in [0.2, 0.25) is 5.75 Å². The van der Waals surface area contributed by atoms with Crippen LogP contribution in [-0.2, 0) is 16.0 Å². The minimum atomic E-state index is -0.509. The van der Waals surface area contributed by atoms with Gasteiger partial charge in [0.1, 0.15) is 0 Å². The molecule has 0 aliphatic heterocycles. The molecule has 0 heterocycles. The van der Waals surface area contributed by atoms with Crippen LogP contribution in [0.5, 0.6) is 17.2 Å². The molecule has 0 bridgehead atoms. The maximum Gasteiger partial charge on any atom is 0.200 e. The Hall–Kier alpha value is -1.50. The van der Waals surface area contributed by atoms with Gasteiger partial charge >= 0.3 is 0 Å². The van der Waals surface area contributed by atoms with E-state index >= 15 is 0 Å². The van der Waals surface area contributed by atoms with Crippen molar-refractivity contribution in [2.75, 3.05) is 19.8 Å². The van der Waals surface area contributed by atoms with Crippen LogP contribution >= 0.6 is 0 Å². The molecule has 19 heavy (non-hydrogen) atoms. The Bertz CT molecular complexity index is 391. The maximum absolute atomic E-state index is 9.64. The number of aromatic hydroxyl groups is 3. The lowest BCUT2D eigenvalue weighted by Gasteiger charge is -2.17. The normalized spacial score (nSPS) is 11.1. The van der Waals surface area contributed by atoms with Gasteiger partial charge in [-0.2, -0.15) is 0 Å². The molecule has 1 aromatic carbocycles. The van der Waals surface area contributed by atoms with Crippen LogP contribution in [0.4, 0.5) is 0 Å². The molecule has 0 radical (unpaired) electrons. The van der Waals surface area contributed by atoms with E-state index in [1.807, 2.05) is 13.8 Å². The van der Waals surface area contributed by atoms with E-state index in [4.69, 9.17) is 9.47 Å². The van der Waals surface area contributed by atoms with Crippen LogP contribution in [0.1, 0.15) is 19.4 Å². The average Bonchev–Trinajstić information content (AvgIpc) is 2.39. The van der Waals surface area contributed by atoms with Gasteiger partial charge in [0.25, 0.3) is 0 Å². The minimum absolute atomic E-state index is 0.322. The van der Waals surface area contributed by atoms with Crippen molar-refractivity contribution in [3.8, 4) is 17.2 Å². The third-order valence-electron chi connectivity index (χ3n) is 2.55. The van der Waals surface area contributed by atoms with Gasteiger partial charge in [-0.3, -0.25) is 0 Å².